The van der Waals surface area contributed by atoms with Crippen LogP contribution in [0.4, 0.5) is 0 Å². The lowest BCUT2D eigenvalue weighted by molar-refractivity contribution is 0.0954. The number of hydrogen-bond acceptors (Lipinski definition) is 3. The minimum absolute atomic E-state index is 0.158. The minimum atomic E-state index is -0.351. The minimum Gasteiger partial charge on any atom is -0.318 e. The molecule has 0 saturated carbocycles. The summed E-state index contributed by atoms with van der Waals surface area (Å²) >= 11 is 0. The molecule has 0 saturated heterocycles. The number of hydrogen-bond donors (Lipinski definition) is 1. The number of aryl methyl sites for hydroxylation is 1. The first kappa shape index (κ1) is 11.9. The van der Waals surface area contributed by atoms with E-state index >= 15 is 0 Å². The molecule has 0 aliphatic carbocycles. The van der Waals surface area contributed by atoms with E-state index in [-0.39, 0.29) is 11.5 Å². The number of nitrogens with zero attached hydrogens (tertiary/aromatic N) is 2. The predicted molar refractivity (Wildman–Crippen MR) is 62.5 cm³/mol. The van der Waals surface area contributed by atoms with Gasteiger partial charge < -0.3 is 4.57 Å². The Hall–Kier alpha value is -2.17. The van der Waals surface area contributed by atoms with E-state index in [2.05, 4.69) is 10.5 Å². The lowest BCUT2D eigenvalue weighted by Gasteiger charge is -2.01. The normalized spacial score (nSPS) is 11.1. The van der Waals surface area contributed by atoms with Crippen LogP contribution in [-0.4, -0.2) is 16.7 Å². The highest BCUT2D eigenvalue weighted by atomic mass is 16.2. The molecule has 1 heterocycles. The summed E-state index contributed by atoms with van der Waals surface area (Å²) in [5.41, 5.74) is 2.57. The number of carbonyl (C=O) groups excluding carboxylic acids is 1. The fourth-order valence-electron chi connectivity index (χ4n) is 1.02. The standard InChI is InChI=1S/C11H13N3O2/c1-3-4-7-12-13-11(16)9-5-6-10(15)14(2)8-9/h3-8H,1-2H3,(H,13,16). The monoisotopic (exact) mass is 219 g/mol. The number of carbonyl (C=O) groups is 1. The Morgan fingerprint density at radius 1 is 1.50 bits per heavy atom. The molecule has 84 valence electrons. The lowest BCUT2D eigenvalue weighted by atomic mass is 10.3. The second-order valence-corrected chi connectivity index (χ2v) is 3.11. The third-order valence-corrected chi connectivity index (χ3v) is 1.87. The van der Waals surface area contributed by atoms with Crippen molar-refractivity contribution < 1.29 is 4.79 Å². The van der Waals surface area contributed by atoms with Gasteiger partial charge in [-0.15, -0.1) is 0 Å². The van der Waals surface area contributed by atoms with Crippen LogP contribution in [-0.2, 0) is 7.05 Å². The first-order chi connectivity index (χ1) is 7.65. The van der Waals surface area contributed by atoms with Gasteiger partial charge in [-0.25, -0.2) is 5.43 Å². The van der Waals surface area contributed by atoms with Crippen LogP contribution in [0.3, 0.4) is 0 Å². The van der Waals surface area contributed by atoms with Crippen LogP contribution in [0.2, 0.25) is 0 Å². The molecule has 0 aliphatic rings. The van der Waals surface area contributed by atoms with Crippen molar-refractivity contribution in [1.29, 1.82) is 0 Å². The van der Waals surface area contributed by atoms with Crippen molar-refractivity contribution in [3.63, 3.8) is 0 Å². The van der Waals surface area contributed by atoms with E-state index in [0.29, 0.717) is 5.56 Å². The Kier molecular flexibility index (Phi) is 4.20. The molecule has 0 atom stereocenters. The molecule has 0 unspecified atom stereocenters. The maximum Gasteiger partial charge on any atom is 0.272 e. The molecule has 1 rings (SSSR count). The van der Waals surface area contributed by atoms with Crippen LogP contribution < -0.4 is 11.0 Å². The molecule has 0 aliphatic heterocycles. The molecule has 5 heteroatoms. The first-order valence-electron chi connectivity index (χ1n) is 4.76. The SMILES string of the molecule is CC=CC=NNC(=O)c1ccc(=O)n(C)c1. The quantitative estimate of drug-likeness (QED) is 0.600. The number of nitrogens with one attached hydrogen (secondary N) is 1. The van der Waals surface area contributed by atoms with Crippen LogP contribution in [0, 0.1) is 0 Å². The van der Waals surface area contributed by atoms with Crippen LogP contribution in [0.5, 0.6) is 0 Å². The summed E-state index contributed by atoms with van der Waals surface area (Å²) < 4.78 is 1.34. The molecule has 1 amide bonds. The number of rotatable bonds is 3. The fourth-order valence-corrected chi connectivity index (χ4v) is 1.02. The average Bonchev–Trinajstić information content (AvgIpc) is 2.28. The number of pyridine rings is 1. The molecule has 16 heavy (non-hydrogen) atoms. The van der Waals surface area contributed by atoms with Crippen LogP contribution in [0.1, 0.15) is 17.3 Å². The topological polar surface area (TPSA) is 63.5 Å². The summed E-state index contributed by atoms with van der Waals surface area (Å²) in [7, 11) is 1.59. The lowest BCUT2D eigenvalue weighted by Crippen LogP contribution is -2.22. The fraction of sp³-hybridized carbons (Fsp3) is 0.182. The van der Waals surface area contributed by atoms with Gasteiger partial charge in [0.05, 0.1) is 5.56 Å². The second kappa shape index (κ2) is 5.65. The highest BCUT2D eigenvalue weighted by Crippen LogP contribution is 1.94. The number of aromatic nitrogens is 1. The Morgan fingerprint density at radius 3 is 2.88 bits per heavy atom. The molecule has 1 aromatic rings. The zero-order valence-electron chi connectivity index (χ0n) is 9.18. The molecular weight excluding hydrogens is 206 g/mol. The van der Waals surface area contributed by atoms with E-state index in [1.165, 1.54) is 29.1 Å². The van der Waals surface area contributed by atoms with Crippen LogP contribution in [0.15, 0.2) is 40.4 Å². The van der Waals surface area contributed by atoms with Gasteiger partial charge in [-0.1, -0.05) is 6.08 Å². The van der Waals surface area contributed by atoms with Crippen molar-refractivity contribution in [3.05, 3.63) is 46.4 Å². The van der Waals surface area contributed by atoms with Gasteiger partial charge in [0.1, 0.15) is 0 Å². The third-order valence-electron chi connectivity index (χ3n) is 1.87. The van der Waals surface area contributed by atoms with Crippen molar-refractivity contribution in [2.24, 2.45) is 12.1 Å². The van der Waals surface area contributed by atoms with Gasteiger partial charge in [-0.3, -0.25) is 9.59 Å². The maximum atomic E-state index is 11.5. The summed E-state index contributed by atoms with van der Waals surface area (Å²) in [6.45, 7) is 1.85. The second-order valence-electron chi connectivity index (χ2n) is 3.11. The van der Waals surface area contributed by atoms with Crippen LogP contribution in [0.25, 0.3) is 0 Å². The smallest absolute Gasteiger partial charge is 0.272 e. The van der Waals surface area contributed by atoms with E-state index in [0.717, 1.165) is 0 Å². The van der Waals surface area contributed by atoms with E-state index in [1.54, 1.807) is 19.2 Å². The summed E-state index contributed by atoms with van der Waals surface area (Å²) in [6, 6.07) is 2.80. The van der Waals surface area contributed by atoms with Crippen molar-refractivity contribution in [1.82, 2.24) is 9.99 Å². The summed E-state index contributed by atoms with van der Waals surface area (Å²) in [4.78, 5) is 22.6. The first-order valence-corrected chi connectivity index (χ1v) is 4.76. The molecule has 1 aromatic heterocycles. The van der Waals surface area contributed by atoms with Gasteiger partial charge in [0.2, 0.25) is 5.56 Å². The van der Waals surface area contributed by atoms with Crippen molar-refractivity contribution in [2.75, 3.05) is 0 Å². The zero-order chi connectivity index (χ0) is 12.0. The molecule has 0 bridgehead atoms. The van der Waals surface area contributed by atoms with Crippen LogP contribution >= 0.6 is 0 Å². The molecule has 0 fully saturated rings. The maximum absolute atomic E-state index is 11.5. The molecule has 5 nitrogen and oxygen atoms in total. The third kappa shape index (κ3) is 3.20. The molecule has 0 spiro atoms. The van der Waals surface area contributed by atoms with Gasteiger partial charge in [-0.05, 0) is 19.1 Å². The van der Waals surface area contributed by atoms with Gasteiger partial charge >= 0.3 is 0 Å². The van der Waals surface area contributed by atoms with E-state index in [1.807, 2.05) is 6.92 Å². The summed E-state index contributed by atoms with van der Waals surface area (Å²) in [5, 5.41) is 3.69. The molecule has 0 aromatic carbocycles. The van der Waals surface area contributed by atoms with Gasteiger partial charge in [-0.2, -0.15) is 5.10 Å². The number of allylic oxidation sites excluding steroid dienone is 2. The summed E-state index contributed by atoms with van der Waals surface area (Å²) in [6.07, 6.45) is 6.42. The Balaban J connectivity index is 2.73. The van der Waals surface area contributed by atoms with Gasteiger partial charge in [0.15, 0.2) is 0 Å². The largest absolute Gasteiger partial charge is 0.318 e. The van der Waals surface area contributed by atoms with Gasteiger partial charge in [0, 0.05) is 25.5 Å². The highest BCUT2D eigenvalue weighted by molar-refractivity contribution is 5.94. The van der Waals surface area contributed by atoms with Crippen molar-refractivity contribution >= 4 is 12.1 Å². The Morgan fingerprint density at radius 2 is 2.25 bits per heavy atom. The summed E-state index contributed by atoms with van der Waals surface area (Å²) in [5.74, 6) is -0.351. The molecular formula is C11H13N3O2. The highest BCUT2D eigenvalue weighted by Gasteiger charge is 2.04. The molecule has 1 N–H and O–H groups in total. The number of hydrazone groups is 1. The van der Waals surface area contributed by atoms with E-state index in [4.69, 9.17) is 0 Å². The predicted octanol–water partition coefficient (Wildman–Crippen LogP) is 0.677. The van der Waals surface area contributed by atoms with Crippen molar-refractivity contribution in [3.8, 4) is 0 Å². The Bertz CT molecular complexity index is 486. The zero-order valence-corrected chi connectivity index (χ0v) is 9.18. The van der Waals surface area contributed by atoms with E-state index < -0.39 is 0 Å². The number of amides is 1. The average molecular weight is 219 g/mol. The van der Waals surface area contributed by atoms with Crippen molar-refractivity contribution in [2.45, 2.75) is 6.92 Å². The Labute approximate surface area is 93.1 Å². The molecule has 0 radical (unpaired) electrons. The van der Waals surface area contributed by atoms with E-state index in [9.17, 15) is 9.59 Å². The van der Waals surface area contributed by atoms with Gasteiger partial charge in [0.25, 0.3) is 5.91 Å².